The lowest BCUT2D eigenvalue weighted by Crippen LogP contribution is -2.54. The highest BCUT2D eigenvalue weighted by atomic mass is 16.5. The van der Waals surface area contributed by atoms with Crippen molar-refractivity contribution < 1.29 is 14.3 Å². The fraction of sp³-hybridized carbons (Fsp3) is 0.636. The fourth-order valence-corrected chi connectivity index (χ4v) is 4.82. The Morgan fingerprint density at radius 3 is 2.82 bits per heavy atom. The Labute approximate surface area is 167 Å². The van der Waals surface area contributed by atoms with Crippen molar-refractivity contribution in [2.75, 3.05) is 38.1 Å². The van der Waals surface area contributed by atoms with Gasteiger partial charge in [0.15, 0.2) is 0 Å². The predicted octanol–water partition coefficient (Wildman–Crippen LogP) is 3.41. The molecule has 1 aromatic carbocycles. The Bertz CT molecular complexity index is 721. The van der Waals surface area contributed by atoms with Crippen LogP contribution in [0.1, 0.15) is 44.1 Å². The molecule has 1 spiro atoms. The van der Waals surface area contributed by atoms with Crippen molar-refractivity contribution in [1.29, 1.82) is 0 Å². The molecule has 0 aliphatic carbocycles. The largest absolute Gasteiger partial charge is 0.376 e. The Kier molecular flexibility index (Phi) is 5.58. The normalized spacial score (nSPS) is 24.6. The molecule has 3 aliphatic heterocycles. The second kappa shape index (κ2) is 8.11. The summed E-state index contributed by atoms with van der Waals surface area (Å²) in [7, 11) is 0. The van der Waals surface area contributed by atoms with Gasteiger partial charge >= 0.3 is 6.03 Å². The number of carbonyl (C=O) groups excluding carboxylic acids is 2. The number of benzene rings is 1. The molecule has 28 heavy (non-hydrogen) atoms. The quantitative estimate of drug-likeness (QED) is 0.867. The number of amides is 3. The minimum Gasteiger partial charge on any atom is -0.376 e. The molecule has 3 saturated heterocycles. The number of nitrogens with one attached hydrogen (secondary N) is 1. The number of anilines is 1. The lowest BCUT2D eigenvalue weighted by molar-refractivity contribution is -0.140. The van der Waals surface area contributed by atoms with Crippen molar-refractivity contribution >= 4 is 17.6 Å². The molecule has 6 heteroatoms. The van der Waals surface area contributed by atoms with Crippen LogP contribution in [0.4, 0.5) is 10.5 Å². The van der Waals surface area contributed by atoms with Gasteiger partial charge in [0.2, 0.25) is 5.91 Å². The molecule has 1 N–H and O–H groups in total. The minimum atomic E-state index is -0.0245. The summed E-state index contributed by atoms with van der Waals surface area (Å²) in [5.41, 5.74) is 2.14. The summed E-state index contributed by atoms with van der Waals surface area (Å²) in [5, 5.41) is 3.01. The molecule has 152 valence electrons. The molecule has 0 bridgehead atoms. The number of piperidine rings is 2. The maximum atomic E-state index is 12.6. The molecule has 1 aromatic rings. The van der Waals surface area contributed by atoms with Crippen LogP contribution in [0, 0.1) is 12.3 Å². The maximum absolute atomic E-state index is 12.6. The summed E-state index contributed by atoms with van der Waals surface area (Å²) in [6.45, 7) is 5.90. The Morgan fingerprint density at radius 1 is 1.29 bits per heavy atom. The number of hydrogen-bond acceptors (Lipinski definition) is 3. The zero-order valence-electron chi connectivity index (χ0n) is 16.8. The van der Waals surface area contributed by atoms with Crippen LogP contribution in [0.25, 0.3) is 0 Å². The van der Waals surface area contributed by atoms with Gasteiger partial charge in [0.25, 0.3) is 0 Å². The van der Waals surface area contributed by atoms with Gasteiger partial charge in [-0.25, -0.2) is 4.79 Å². The zero-order valence-corrected chi connectivity index (χ0v) is 16.8. The Balaban J connectivity index is 1.32. The van der Waals surface area contributed by atoms with E-state index in [-0.39, 0.29) is 23.5 Å². The van der Waals surface area contributed by atoms with E-state index < -0.39 is 0 Å². The van der Waals surface area contributed by atoms with E-state index in [9.17, 15) is 9.59 Å². The number of hydrogen-bond donors (Lipinski definition) is 1. The molecule has 0 saturated carbocycles. The number of carbonyl (C=O) groups is 2. The smallest absolute Gasteiger partial charge is 0.321 e. The molecule has 3 fully saturated rings. The summed E-state index contributed by atoms with van der Waals surface area (Å²) in [6.07, 6.45) is 5.86. The van der Waals surface area contributed by atoms with Gasteiger partial charge in [0.1, 0.15) is 0 Å². The molecule has 6 nitrogen and oxygen atoms in total. The molecule has 3 amide bonds. The van der Waals surface area contributed by atoms with E-state index in [4.69, 9.17) is 4.74 Å². The van der Waals surface area contributed by atoms with E-state index >= 15 is 0 Å². The van der Waals surface area contributed by atoms with E-state index in [1.165, 1.54) is 0 Å². The third-order valence-electron chi connectivity index (χ3n) is 6.58. The van der Waals surface area contributed by atoms with Gasteiger partial charge in [-0.1, -0.05) is 12.1 Å². The maximum Gasteiger partial charge on any atom is 0.321 e. The molecule has 0 aromatic heterocycles. The monoisotopic (exact) mass is 385 g/mol. The summed E-state index contributed by atoms with van der Waals surface area (Å²) >= 11 is 0. The molecular formula is C22H31N3O3. The first-order chi connectivity index (χ1) is 13.5. The molecular weight excluding hydrogens is 354 g/mol. The first-order valence-corrected chi connectivity index (χ1v) is 10.6. The van der Waals surface area contributed by atoms with Gasteiger partial charge in [-0.05, 0) is 62.1 Å². The SMILES string of the molecule is Cc1cccc(NC(=O)N2CCC3(CCC(=O)N(C[C@H]4CCCO4)C3)CC2)c1. The van der Waals surface area contributed by atoms with E-state index in [0.717, 1.165) is 76.1 Å². The van der Waals surface area contributed by atoms with Crippen molar-refractivity contribution in [3.63, 3.8) is 0 Å². The highest BCUT2D eigenvalue weighted by Crippen LogP contribution is 2.40. The average molecular weight is 386 g/mol. The molecule has 0 radical (unpaired) electrons. The zero-order chi connectivity index (χ0) is 19.6. The van der Waals surface area contributed by atoms with Crippen LogP contribution in [-0.2, 0) is 9.53 Å². The van der Waals surface area contributed by atoms with Crippen LogP contribution in [0.2, 0.25) is 0 Å². The third-order valence-corrected chi connectivity index (χ3v) is 6.58. The minimum absolute atomic E-state index is 0.0245. The van der Waals surface area contributed by atoms with Gasteiger partial charge in [0, 0.05) is 44.9 Å². The second-order valence-electron chi connectivity index (χ2n) is 8.70. The van der Waals surface area contributed by atoms with Gasteiger partial charge in [-0.2, -0.15) is 0 Å². The fourth-order valence-electron chi connectivity index (χ4n) is 4.82. The van der Waals surface area contributed by atoms with E-state index in [1.54, 1.807) is 0 Å². The summed E-state index contributed by atoms with van der Waals surface area (Å²) in [4.78, 5) is 29.0. The average Bonchev–Trinajstić information content (AvgIpc) is 3.19. The van der Waals surface area contributed by atoms with Crippen LogP contribution in [-0.4, -0.2) is 60.6 Å². The first kappa shape index (κ1) is 19.2. The van der Waals surface area contributed by atoms with Crippen molar-refractivity contribution in [2.24, 2.45) is 5.41 Å². The Morgan fingerprint density at radius 2 is 2.11 bits per heavy atom. The number of nitrogens with zero attached hydrogens (tertiary/aromatic N) is 2. The predicted molar refractivity (Wildman–Crippen MR) is 108 cm³/mol. The number of rotatable bonds is 3. The van der Waals surface area contributed by atoms with E-state index in [2.05, 4.69) is 5.32 Å². The van der Waals surface area contributed by atoms with Crippen LogP contribution in [0.3, 0.4) is 0 Å². The topological polar surface area (TPSA) is 61.9 Å². The van der Waals surface area contributed by atoms with Crippen LogP contribution < -0.4 is 5.32 Å². The highest BCUT2D eigenvalue weighted by Gasteiger charge is 2.42. The van der Waals surface area contributed by atoms with E-state index in [1.807, 2.05) is 41.0 Å². The number of aryl methyl sites for hydroxylation is 1. The third kappa shape index (κ3) is 4.32. The molecule has 3 aliphatic rings. The van der Waals surface area contributed by atoms with Crippen molar-refractivity contribution in [2.45, 2.75) is 51.6 Å². The van der Waals surface area contributed by atoms with E-state index in [0.29, 0.717) is 6.42 Å². The lowest BCUT2D eigenvalue weighted by atomic mass is 9.72. The van der Waals surface area contributed by atoms with Gasteiger partial charge in [0.05, 0.1) is 6.10 Å². The molecule has 4 rings (SSSR count). The van der Waals surface area contributed by atoms with Crippen LogP contribution >= 0.6 is 0 Å². The van der Waals surface area contributed by atoms with Crippen molar-refractivity contribution in [1.82, 2.24) is 9.80 Å². The Hall–Kier alpha value is -2.08. The highest BCUT2D eigenvalue weighted by molar-refractivity contribution is 5.89. The van der Waals surface area contributed by atoms with Gasteiger partial charge in [-0.15, -0.1) is 0 Å². The molecule has 1 atom stereocenters. The molecule has 3 heterocycles. The number of ether oxygens (including phenoxy) is 1. The summed E-state index contributed by atoms with van der Waals surface area (Å²) < 4.78 is 5.74. The number of urea groups is 1. The summed E-state index contributed by atoms with van der Waals surface area (Å²) in [5.74, 6) is 0.265. The standard InChI is InChI=1S/C22H31N3O3/c1-17-4-2-5-18(14-17)23-21(27)24-11-9-22(10-12-24)8-7-20(26)25(16-22)15-19-6-3-13-28-19/h2,4-5,14,19H,3,6-13,15-16H2,1H3,(H,23,27)/t19-/m1/s1. The first-order valence-electron chi connectivity index (χ1n) is 10.6. The van der Waals surface area contributed by atoms with Crippen molar-refractivity contribution in [3.05, 3.63) is 29.8 Å². The molecule has 0 unspecified atom stereocenters. The van der Waals surface area contributed by atoms with Crippen LogP contribution in [0.5, 0.6) is 0 Å². The van der Waals surface area contributed by atoms with Crippen molar-refractivity contribution in [3.8, 4) is 0 Å². The second-order valence-corrected chi connectivity index (χ2v) is 8.70. The lowest BCUT2D eigenvalue weighted by Gasteiger charge is -2.47. The number of likely N-dealkylation sites (tertiary alicyclic amines) is 2. The van der Waals surface area contributed by atoms with Crippen LogP contribution in [0.15, 0.2) is 24.3 Å². The summed E-state index contributed by atoms with van der Waals surface area (Å²) in [6, 6.07) is 7.86. The van der Waals surface area contributed by atoms with Gasteiger partial charge < -0.3 is 19.9 Å². The van der Waals surface area contributed by atoms with Gasteiger partial charge in [-0.3, -0.25) is 4.79 Å².